The van der Waals surface area contributed by atoms with Crippen LogP contribution in [0.1, 0.15) is 54.4 Å². The van der Waals surface area contributed by atoms with Gasteiger partial charge in [-0.1, -0.05) is 37.5 Å². The summed E-state index contributed by atoms with van der Waals surface area (Å²) in [6.45, 7) is 1.29. The Bertz CT molecular complexity index is 925. The van der Waals surface area contributed by atoms with E-state index in [1.54, 1.807) is 23.8 Å². The highest BCUT2D eigenvalue weighted by atomic mass is 32.2. The fourth-order valence-electron chi connectivity index (χ4n) is 4.72. The summed E-state index contributed by atoms with van der Waals surface area (Å²) in [6, 6.07) is 14.3. The molecular formula is C26H34N2O3S. The lowest BCUT2D eigenvalue weighted by molar-refractivity contribution is -0.126. The van der Waals surface area contributed by atoms with Gasteiger partial charge in [-0.25, -0.2) is 0 Å². The summed E-state index contributed by atoms with van der Waals surface area (Å²) in [7, 11) is 5.64. The van der Waals surface area contributed by atoms with Crippen LogP contribution >= 0.6 is 11.8 Å². The number of hydrogen-bond acceptors (Lipinski definition) is 5. The van der Waals surface area contributed by atoms with Crippen LogP contribution in [0.3, 0.4) is 0 Å². The van der Waals surface area contributed by atoms with Gasteiger partial charge in [-0.05, 0) is 68.2 Å². The topological polar surface area (TPSA) is 53.0 Å². The van der Waals surface area contributed by atoms with Crippen LogP contribution < -0.4 is 9.64 Å². The summed E-state index contributed by atoms with van der Waals surface area (Å²) < 4.78 is 5.29. The highest BCUT2D eigenvalue weighted by Crippen LogP contribution is 2.47. The van der Waals surface area contributed by atoms with E-state index >= 15 is 0 Å². The Morgan fingerprint density at radius 2 is 1.75 bits per heavy atom. The number of anilines is 1. The number of carbonyl (C=O) groups excluding carboxylic acids is 1. The average molecular weight is 455 g/mol. The first-order valence-corrected chi connectivity index (χ1v) is 12.4. The minimum Gasteiger partial charge on any atom is -0.497 e. The van der Waals surface area contributed by atoms with Gasteiger partial charge in [0.1, 0.15) is 11.9 Å². The minimum atomic E-state index is -1.11. The van der Waals surface area contributed by atoms with Crippen molar-refractivity contribution >= 4 is 23.4 Å². The first-order chi connectivity index (χ1) is 15.5. The first kappa shape index (κ1) is 23.1. The van der Waals surface area contributed by atoms with Crippen molar-refractivity contribution < 1.29 is 14.6 Å². The molecule has 1 heterocycles. The Morgan fingerprint density at radius 3 is 2.41 bits per heavy atom. The minimum absolute atomic E-state index is 0.232. The predicted molar refractivity (Wildman–Crippen MR) is 131 cm³/mol. The zero-order valence-corrected chi connectivity index (χ0v) is 20.1. The Balaban J connectivity index is 1.72. The molecular weight excluding hydrogens is 420 g/mol. The number of amides is 1. The van der Waals surface area contributed by atoms with Crippen LogP contribution in [-0.4, -0.2) is 56.3 Å². The lowest BCUT2D eigenvalue weighted by Gasteiger charge is -2.27. The molecule has 2 aromatic rings. The molecule has 1 saturated carbocycles. The maximum atomic E-state index is 13.4. The molecule has 6 heteroatoms. The molecule has 32 heavy (non-hydrogen) atoms. The fourth-order valence-corrected chi connectivity index (χ4v) is 6.04. The molecule has 0 radical (unpaired) electrons. The number of carbonyl (C=O) groups is 1. The van der Waals surface area contributed by atoms with Crippen LogP contribution in [0.4, 0.5) is 5.69 Å². The first-order valence-electron chi connectivity index (χ1n) is 11.6. The van der Waals surface area contributed by atoms with Crippen LogP contribution in [0.5, 0.6) is 5.75 Å². The van der Waals surface area contributed by atoms with Crippen molar-refractivity contribution in [1.82, 2.24) is 4.90 Å². The lowest BCUT2D eigenvalue weighted by Crippen LogP contribution is -2.43. The summed E-state index contributed by atoms with van der Waals surface area (Å²) in [6.07, 6.45) is 5.26. The third-order valence-corrected chi connectivity index (χ3v) is 7.99. The number of thioether (sulfide) groups is 1. The SMILES string of the molecule is COc1ccc([C@@H]2Sc3cc(C4CCCCC4)ccc3N(CCN(C)C)C(=O)[C@@H]2O)cc1. The molecule has 0 aromatic heterocycles. The highest BCUT2D eigenvalue weighted by molar-refractivity contribution is 7.99. The monoisotopic (exact) mass is 454 g/mol. The Kier molecular flexibility index (Phi) is 7.44. The number of hydrogen-bond donors (Lipinski definition) is 1. The number of benzene rings is 2. The van der Waals surface area contributed by atoms with Crippen molar-refractivity contribution in [3.63, 3.8) is 0 Å². The smallest absolute Gasteiger partial charge is 0.257 e. The summed E-state index contributed by atoms with van der Waals surface area (Å²) in [5.74, 6) is 1.12. The van der Waals surface area contributed by atoms with Crippen LogP contribution in [0.15, 0.2) is 47.4 Å². The second kappa shape index (κ2) is 10.3. The number of nitrogens with zero attached hydrogens (tertiary/aromatic N) is 2. The number of likely N-dealkylation sites (N-methyl/N-ethyl adjacent to an activating group) is 1. The summed E-state index contributed by atoms with van der Waals surface area (Å²) in [5, 5.41) is 10.8. The Hall–Kier alpha value is -2.02. The quantitative estimate of drug-likeness (QED) is 0.677. The second-order valence-corrected chi connectivity index (χ2v) is 10.3. The number of ether oxygens (including phenoxy) is 1. The van der Waals surface area contributed by atoms with Crippen LogP contribution in [0.2, 0.25) is 0 Å². The standard InChI is InChI=1S/C26H34N2O3S/c1-27(2)15-16-28-22-14-11-20(18-7-5-4-6-8-18)17-23(22)32-25(24(29)26(28)30)19-9-12-21(31-3)13-10-19/h9-14,17-18,24-25,29H,4-8,15-16H2,1-3H3/t24-,25+/m1/s1. The number of fused-ring (bicyclic) bond motifs is 1. The van der Waals surface area contributed by atoms with Crippen LogP contribution in [-0.2, 0) is 4.79 Å². The van der Waals surface area contributed by atoms with Gasteiger partial charge in [0.25, 0.3) is 5.91 Å². The lowest BCUT2D eigenvalue weighted by atomic mass is 9.84. The second-order valence-electron chi connectivity index (χ2n) is 9.11. The molecule has 5 nitrogen and oxygen atoms in total. The number of aliphatic hydroxyl groups is 1. The van der Waals surface area contributed by atoms with E-state index in [0.29, 0.717) is 12.5 Å². The molecule has 0 saturated heterocycles. The van der Waals surface area contributed by atoms with Crippen molar-refractivity contribution in [2.45, 2.75) is 54.3 Å². The van der Waals surface area contributed by atoms with Gasteiger partial charge in [-0.2, -0.15) is 0 Å². The molecule has 4 rings (SSSR count). The number of methoxy groups -OCH3 is 1. The van der Waals surface area contributed by atoms with Gasteiger partial charge in [-0.15, -0.1) is 11.8 Å². The van der Waals surface area contributed by atoms with Gasteiger partial charge < -0.3 is 19.6 Å². The summed E-state index contributed by atoms with van der Waals surface area (Å²) in [4.78, 5) is 18.4. The third-order valence-electron chi connectivity index (χ3n) is 6.63. The largest absolute Gasteiger partial charge is 0.497 e. The molecule has 2 atom stereocenters. The van der Waals surface area contributed by atoms with E-state index in [4.69, 9.17) is 4.74 Å². The van der Waals surface area contributed by atoms with Gasteiger partial charge in [0, 0.05) is 18.0 Å². The molecule has 1 amide bonds. The van der Waals surface area contributed by atoms with Crippen LogP contribution in [0, 0.1) is 0 Å². The molecule has 0 spiro atoms. The van der Waals surface area contributed by atoms with Gasteiger partial charge in [0.15, 0.2) is 0 Å². The molecule has 2 aliphatic rings. The van der Waals surface area contributed by atoms with E-state index in [0.717, 1.165) is 28.4 Å². The van der Waals surface area contributed by atoms with Gasteiger partial charge in [-0.3, -0.25) is 4.79 Å². The molecule has 172 valence electrons. The van der Waals surface area contributed by atoms with E-state index < -0.39 is 6.10 Å². The van der Waals surface area contributed by atoms with Crippen LogP contribution in [0.25, 0.3) is 0 Å². The third kappa shape index (κ3) is 4.98. The molecule has 0 unspecified atom stereocenters. The van der Waals surface area contributed by atoms with Crippen molar-refractivity contribution in [2.75, 3.05) is 39.2 Å². The van der Waals surface area contributed by atoms with E-state index in [1.165, 1.54) is 37.7 Å². The maximum Gasteiger partial charge on any atom is 0.257 e. The zero-order chi connectivity index (χ0) is 22.7. The van der Waals surface area contributed by atoms with E-state index in [-0.39, 0.29) is 11.2 Å². The van der Waals surface area contributed by atoms with Crippen molar-refractivity contribution in [1.29, 1.82) is 0 Å². The van der Waals surface area contributed by atoms with Gasteiger partial charge in [0.05, 0.1) is 18.0 Å². The van der Waals surface area contributed by atoms with E-state index in [1.807, 2.05) is 38.4 Å². The van der Waals surface area contributed by atoms with E-state index in [2.05, 4.69) is 23.1 Å². The van der Waals surface area contributed by atoms with Crippen molar-refractivity contribution in [3.05, 3.63) is 53.6 Å². The summed E-state index contributed by atoms with van der Waals surface area (Å²) in [5.41, 5.74) is 3.21. The summed E-state index contributed by atoms with van der Waals surface area (Å²) >= 11 is 1.61. The maximum absolute atomic E-state index is 13.4. The van der Waals surface area contributed by atoms with Crippen molar-refractivity contribution in [3.8, 4) is 5.75 Å². The Morgan fingerprint density at radius 1 is 1.06 bits per heavy atom. The number of aliphatic hydroxyl groups excluding tert-OH is 1. The zero-order valence-electron chi connectivity index (χ0n) is 19.3. The van der Waals surface area contributed by atoms with E-state index in [9.17, 15) is 9.90 Å². The molecule has 1 aliphatic heterocycles. The predicted octanol–water partition coefficient (Wildman–Crippen LogP) is 4.85. The van der Waals surface area contributed by atoms with Gasteiger partial charge >= 0.3 is 0 Å². The highest BCUT2D eigenvalue weighted by Gasteiger charge is 2.37. The van der Waals surface area contributed by atoms with Crippen molar-refractivity contribution in [2.24, 2.45) is 0 Å². The number of rotatable bonds is 6. The fraction of sp³-hybridized carbons (Fsp3) is 0.500. The van der Waals surface area contributed by atoms with Gasteiger partial charge in [0.2, 0.25) is 0 Å². The molecule has 1 N–H and O–H groups in total. The molecule has 1 aliphatic carbocycles. The molecule has 2 aromatic carbocycles. The molecule has 0 bridgehead atoms. The Labute approximate surface area is 195 Å². The molecule has 1 fully saturated rings. The average Bonchev–Trinajstić information content (AvgIpc) is 2.92. The normalized spacial score (nSPS) is 22.0.